The molecule has 1 aromatic rings. The summed E-state index contributed by atoms with van der Waals surface area (Å²) in [6.45, 7) is 2.09. The minimum atomic E-state index is -0.101. The van der Waals surface area contributed by atoms with Gasteiger partial charge in [-0.3, -0.25) is 4.90 Å². The molecule has 0 spiro atoms. The van der Waals surface area contributed by atoms with E-state index in [0.29, 0.717) is 12.1 Å². The summed E-state index contributed by atoms with van der Waals surface area (Å²) in [4.78, 5) is 2.31. The third-order valence-electron chi connectivity index (χ3n) is 4.34. The zero-order chi connectivity index (χ0) is 13.1. The van der Waals surface area contributed by atoms with Gasteiger partial charge in [-0.15, -0.1) is 0 Å². The van der Waals surface area contributed by atoms with Gasteiger partial charge in [0.25, 0.3) is 0 Å². The summed E-state index contributed by atoms with van der Waals surface area (Å²) in [6.07, 6.45) is 3.67. The number of benzene rings is 1. The number of halogens is 1. The first-order valence-corrected chi connectivity index (χ1v) is 6.78. The third-order valence-corrected chi connectivity index (χ3v) is 4.34. The number of hydrogen-bond acceptors (Lipinski definition) is 2. The minimum absolute atomic E-state index is 0.101. The van der Waals surface area contributed by atoms with Crippen LogP contribution in [-0.2, 0) is 0 Å². The predicted molar refractivity (Wildman–Crippen MR) is 73.1 cm³/mol. The molecule has 1 saturated carbocycles. The Morgan fingerprint density at radius 2 is 2.06 bits per heavy atom. The van der Waals surface area contributed by atoms with Crippen molar-refractivity contribution in [3.63, 3.8) is 0 Å². The largest absolute Gasteiger partial charge is 0.315 e. The number of nitrogens with one attached hydrogen (secondary N) is 1. The molecule has 0 aliphatic heterocycles. The molecule has 1 N–H and O–H groups in total. The standard InChI is InChI=1S/C15H23FN2/c1-11(12-7-4-5-8-13(12)16)18(3)15-10-6-9-14(15)17-2/h4-5,7-8,11,14-15,17H,6,9-10H2,1-3H3. The Bertz CT molecular complexity index is 394. The smallest absolute Gasteiger partial charge is 0.127 e. The van der Waals surface area contributed by atoms with Crippen molar-refractivity contribution in [1.29, 1.82) is 0 Å². The monoisotopic (exact) mass is 250 g/mol. The van der Waals surface area contributed by atoms with E-state index in [1.54, 1.807) is 12.1 Å². The lowest BCUT2D eigenvalue weighted by Gasteiger charge is -2.34. The molecule has 2 nitrogen and oxygen atoms in total. The van der Waals surface area contributed by atoms with E-state index in [0.717, 1.165) is 5.56 Å². The predicted octanol–water partition coefficient (Wildman–Crippen LogP) is 2.96. The van der Waals surface area contributed by atoms with E-state index >= 15 is 0 Å². The fraction of sp³-hybridized carbons (Fsp3) is 0.600. The van der Waals surface area contributed by atoms with Crippen LogP contribution in [0.2, 0.25) is 0 Å². The molecule has 0 amide bonds. The summed E-state index contributed by atoms with van der Waals surface area (Å²) in [5.74, 6) is -0.101. The highest BCUT2D eigenvalue weighted by Gasteiger charge is 2.32. The van der Waals surface area contributed by atoms with Crippen LogP contribution in [0.15, 0.2) is 24.3 Å². The molecule has 0 heterocycles. The molecule has 1 aliphatic rings. The van der Waals surface area contributed by atoms with Gasteiger partial charge in [-0.05, 0) is 39.9 Å². The summed E-state index contributed by atoms with van der Waals surface area (Å²) in [6, 6.07) is 8.24. The quantitative estimate of drug-likeness (QED) is 0.884. The van der Waals surface area contributed by atoms with Gasteiger partial charge in [0.1, 0.15) is 5.82 Å². The Labute approximate surface area is 109 Å². The van der Waals surface area contributed by atoms with E-state index in [2.05, 4.69) is 24.2 Å². The highest BCUT2D eigenvalue weighted by Crippen LogP contribution is 2.30. The average Bonchev–Trinajstić information content (AvgIpc) is 2.86. The summed E-state index contributed by atoms with van der Waals surface area (Å²) in [5, 5.41) is 3.38. The van der Waals surface area contributed by atoms with Gasteiger partial charge < -0.3 is 5.32 Å². The van der Waals surface area contributed by atoms with Crippen LogP contribution in [-0.4, -0.2) is 31.1 Å². The Kier molecular flexibility index (Phi) is 4.36. The Balaban J connectivity index is 2.13. The Morgan fingerprint density at radius 3 is 2.72 bits per heavy atom. The van der Waals surface area contributed by atoms with Crippen LogP contribution in [0.25, 0.3) is 0 Å². The van der Waals surface area contributed by atoms with Crippen LogP contribution >= 0.6 is 0 Å². The Hall–Kier alpha value is -0.930. The third kappa shape index (κ3) is 2.57. The first-order valence-electron chi connectivity index (χ1n) is 6.78. The van der Waals surface area contributed by atoms with E-state index < -0.39 is 0 Å². The molecular formula is C15H23FN2. The maximum atomic E-state index is 13.8. The summed E-state index contributed by atoms with van der Waals surface area (Å²) in [5.41, 5.74) is 0.793. The van der Waals surface area contributed by atoms with Crippen molar-refractivity contribution in [2.45, 2.75) is 44.3 Å². The second kappa shape index (κ2) is 5.81. The molecule has 1 fully saturated rings. The summed E-state index contributed by atoms with van der Waals surface area (Å²) in [7, 11) is 4.13. The lowest BCUT2D eigenvalue weighted by molar-refractivity contribution is 0.162. The topological polar surface area (TPSA) is 15.3 Å². The molecule has 0 saturated heterocycles. The van der Waals surface area contributed by atoms with Crippen molar-refractivity contribution in [3.8, 4) is 0 Å². The van der Waals surface area contributed by atoms with Crippen molar-refractivity contribution in [2.75, 3.05) is 14.1 Å². The summed E-state index contributed by atoms with van der Waals surface area (Å²) >= 11 is 0. The van der Waals surface area contributed by atoms with Crippen LogP contribution in [0.4, 0.5) is 4.39 Å². The van der Waals surface area contributed by atoms with E-state index in [1.807, 2.05) is 19.2 Å². The molecule has 100 valence electrons. The molecule has 3 heteroatoms. The van der Waals surface area contributed by atoms with Crippen LogP contribution in [0, 0.1) is 5.82 Å². The van der Waals surface area contributed by atoms with Crippen LogP contribution in [0.1, 0.15) is 37.8 Å². The highest BCUT2D eigenvalue weighted by molar-refractivity contribution is 5.21. The van der Waals surface area contributed by atoms with Gasteiger partial charge in [-0.25, -0.2) is 4.39 Å². The fourth-order valence-corrected chi connectivity index (χ4v) is 3.09. The molecular weight excluding hydrogens is 227 g/mol. The Morgan fingerprint density at radius 1 is 1.33 bits per heavy atom. The molecule has 3 unspecified atom stereocenters. The summed E-state index contributed by atoms with van der Waals surface area (Å²) < 4.78 is 13.8. The van der Waals surface area contributed by atoms with Gasteiger partial charge >= 0.3 is 0 Å². The second-order valence-corrected chi connectivity index (χ2v) is 5.26. The number of rotatable bonds is 4. The van der Waals surface area contributed by atoms with Gasteiger partial charge in [0, 0.05) is 23.7 Å². The molecule has 2 rings (SSSR count). The number of likely N-dealkylation sites (N-methyl/N-ethyl adjacent to an activating group) is 2. The van der Waals surface area contributed by atoms with Crippen molar-refractivity contribution in [3.05, 3.63) is 35.6 Å². The van der Waals surface area contributed by atoms with Crippen LogP contribution in [0.5, 0.6) is 0 Å². The van der Waals surface area contributed by atoms with E-state index in [4.69, 9.17) is 0 Å². The number of nitrogens with zero attached hydrogens (tertiary/aromatic N) is 1. The highest BCUT2D eigenvalue weighted by atomic mass is 19.1. The van der Waals surface area contributed by atoms with Crippen molar-refractivity contribution < 1.29 is 4.39 Å². The molecule has 1 aliphatic carbocycles. The van der Waals surface area contributed by atoms with Gasteiger partial charge in [-0.2, -0.15) is 0 Å². The van der Waals surface area contributed by atoms with Gasteiger partial charge in [0.05, 0.1) is 0 Å². The first-order chi connectivity index (χ1) is 8.65. The van der Waals surface area contributed by atoms with Gasteiger partial charge in [0.15, 0.2) is 0 Å². The van der Waals surface area contributed by atoms with Crippen LogP contribution in [0.3, 0.4) is 0 Å². The fourth-order valence-electron chi connectivity index (χ4n) is 3.09. The molecule has 1 aromatic carbocycles. The van der Waals surface area contributed by atoms with Gasteiger partial charge in [0.2, 0.25) is 0 Å². The molecule has 0 radical (unpaired) electrons. The normalized spacial score (nSPS) is 25.6. The van der Waals surface area contributed by atoms with Gasteiger partial charge in [-0.1, -0.05) is 24.6 Å². The number of hydrogen-bond donors (Lipinski definition) is 1. The van der Waals surface area contributed by atoms with Crippen molar-refractivity contribution >= 4 is 0 Å². The average molecular weight is 250 g/mol. The maximum Gasteiger partial charge on any atom is 0.127 e. The zero-order valence-electron chi connectivity index (χ0n) is 11.5. The minimum Gasteiger partial charge on any atom is -0.315 e. The second-order valence-electron chi connectivity index (χ2n) is 5.26. The molecule has 0 aromatic heterocycles. The van der Waals surface area contributed by atoms with E-state index in [1.165, 1.54) is 19.3 Å². The van der Waals surface area contributed by atoms with Crippen LogP contribution < -0.4 is 5.32 Å². The SMILES string of the molecule is CNC1CCCC1N(C)C(C)c1ccccc1F. The van der Waals surface area contributed by atoms with E-state index in [9.17, 15) is 4.39 Å². The first kappa shape index (κ1) is 13.5. The van der Waals surface area contributed by atoms with Crippen molar-refractivity contribution in [2.24, 2.45) is 0 Å². The molecule has 0 bridgehead atoms. The molecule has 18 heavy (non-hydrogen) atoms. The van der Waals surface area contributed by atoms with E-state index in [-0.39, 0.29) is 11.9 Å². The van der Waals surface area contributed by atoms with Crippen molar-refractivity contribution in [1.82, 2.24) is 10.2 Å². The maximum absolute atomic E-state index is 13.8. The lowest BCUT2D eigenvalue weighted by atomic mass is 10.0. The zero-order valence-corrected chi connectivity index (χ0v) is 11.5. The lowest BCUT2D eigenvalue weighted by Crippen LogP contribution is -2.44. The molecule has 3 atom stereocenters.